The minimum absolute atomic E-state index is 0.0349. The van der Waals surface area contributed by atoms with Crippen molar-refractivity contribution in [2.24, 2.45) is 0 Å². The van der Waals surface area contributed by atoms with Crippen LogP contribution >= 0.6 is 0 Å². The molecule has 0 aliphatic carbocycles. The maximum Gasteiger partial charge on any atom is 0.227 e. The Morgan fingerprint density at radius 1 is 0.575 bits per heavy atom. The average Bonchev–Trinajstić information content (AvgIpc) is 3.04. The van der Waals surface area contributed by atoms with Crippen LogP contribution in [0.25, 0.3) is 33.2 Å². The monoisotopic (exact) mass is 529 g/mol. The van der Waals surface area contributed by atoms with E-state index in [0.717, 1.165) is 22.1 Å². The number of benzene rings is 5. The summed E-state index contributed by atoms with van der Waals surface area (Å²) in [6.07, 6.45) is 0. The molecular formula is C36H29NO3. The van der Waals surface area contributed by atoms with Crippen molar-refractivity contribution in [2.45, 2.75) is 5.79 Å². The van der Waals surface area contributed by atoms with Gasteiger partial charge in [0.15, 0.2) is 0 Å². The van der Waals surface area contributed by atoms with Crippen molar-refractivity contribution in [1.82, 2.24) is 4.98 Å². The molecule has 0 aliphatic heterocycles. The van der Waals surface area contributed by atoms with Crippen molar-refractivity contribution in [3.05, 3.63) is 151 Å². The van der Waals surface area contributed by atoms with Gasteiger partial charge in [-0.05, 0) is 29.1 Å². The predicted molar refractivity (Wildman–Crippen MR) is 160 cm³/mol. The number of nitrogens with zero attached hydrogens (tertiary/aromatic N) is 1. The van der Waals surface area contributed by atoms with Crippen LogP contribution in [0.3, 0.4) is 0 Å². The minimum atomic E-state index is -3.06. The van der Waals surface area contributed by atoms with E-state index >= 15 is 0 Å². The standard InChI is InChI=1S/C36H29NO3/c1-38-36(39-2,28-20-10-5-11-21-28)31-24-14-15-25-32(31)40-35-30-23-13-12-22-29(30)33(26-16-6-3-7-17-26)34(37-35)27-18-8-4-9-19-27/h3-25H,1-2H3/i1D3,2D3. The molecule has 0 amide bonds. The molecule has 6 aromatic rings. The third-order valence-electron chi connectivity index (χ3n) is 6.88. The second kappa shape index (κ2) is 11.1. The molecule has 6 rings (SSSR count). The van der Waals surface area contributed by atoms with Crippen LogP contribution in [0.2, 0.25) is 0 Å². The maximum absolute atomic E-state index is 8.02. The Labute approximate surface area is 242 Å². The normalized spacial score (nSPS) is 14.3. The van der Waals surface area contributed by atoms with E-state index in [4.69, 9.17) is 27.4 Å². The van der Waals surface area contributed by atoms with Gasteiger partial charge in [0.2, 0.25) is 11.7 Å². The summed E-state index contributed by atoms with van der Waals surface area (Å²) in [6.45, 7) is 0. The molecule has 0 atom stereocenters. The van der Waals surface area contributed by atoms with Crippen LogP contribution in [0.15, 0.2) is 140 Å². The molecule has 0 saturated heterocycles. The van der Waals surface area contributed by atoms with Gasteiger partial charge in [0.1, 0.15) is 5.75 Å². The summed E-state index contributed by atoms with van der Waals surface area (Å²) < 4.78 is 65.9. The smallest absolute Gasteiger partial charge is 0.227 e. The minimum Gasteiger partial charge on any atom is -0.438 e. The number of rotatable bonds is 8. The van der Waals surface area contributed by atoms with E-state index in [1.807, 2.05) is 84.9 Å². The van der Waals surface area contributed by atoms with Crippen molar-refractivity contribution in [3.8, 4) is 34.0 Å². The quantitative estimate of drug-likeness (QED) is 0.185. The van der Waals surface area contributed by atoms with Gasteiger partial charge < -0.3 is 14.2 Å². The predicted octanol–water partition coefficient (Wildman–Crippen LogP) is 8.86. The van der Waals surface area contributed by atoms with E-state index < -0.39 is 19.9 Å². The van der Waals surface area contributed by atoms with E-state index in [2.05, 4.69) is 0 Å². The lowest BCUT2D eigenvalue weighted by molar-refractivity contribution is -0.184. The summed E-state index contributed by atoms with van der Waals surface area (Å²) in [5.74, 6) is -2.08. The van der Waals surface area contributed by atoms with Gasteiger partial charge in [-0.2, -0.15) is 0 Å². The van der Waals surface area contributed by atoms with E-state index in [1.54, 1.807) is 48.5 Å². The first-order valence-corrected chi connectivity index (χ1v) is 12.8. The molecule has 1 aromatic heterocycles. The van der Waals surface area contributed by atoms with Crippen LogP contribution in [0, 0.1) is 0 Å². The van der Waals surface area contributed by atoms with Crippen LogP contribution in [0.1, 0.15) is 19.4 Å². The van der Waals surface area contributed by atoms with Gasteiger partial charge in [0.05, 0.1) is 19.5 Å². The van der Waals surface area contributed by atoms with Gasteiger partial charge in [-0.3, -0.25) is 0 Å². The SMILES string of the molecule is [2H]C([2H])([2H])OC(OC([2H])([2H])[2H])(c1ccccc1)c1ccccc1Oc1nc(-c2ccccc2)c(-c2ccccc2)c2ccccc12. The molecular weight excluding hydrogens is 494 g/mol. The molecule has 5 aromatic carbocycles. The number of para-hydroxylation sites is 1. The second-order valence-electron chi connectivity index (χ2n) is 9.20. The van der Waals surface area contributed by atoms with Crippen molar-refractivity contribution in [1.29, 1.82) is 0 Å². The zero-order valence-electron chi connectivity index (χ0n) is 27.5. The number of pyridine rings is 1. The molecule has 0 bridgehead atoms. The van der Waals surface area contributed by atoms with E-state index in [1.165, 1.54) is 6.07 Å². The number of ether oxygens (including phenoxy) is 3. The molecule has 4 heteroatoms. The molecule has 40 heavy (non-hydrogen) atoms. The molecule has 0 fully saturated rings. The Balaban J connectivity index is 1.61. The number of hydrogen-bond acceptors (Lipinski definition) is 4. The summed E-state index contributed by atoms with van der Waals surface area (Å²) in [4.78, 5) is 5.06. The molecule has 0 aliphatic rings. The molecule has 196 valence electrons. The van der Waals surface area contributed by atoms with Gasteiger partial charge in [0.25, 0.3) is 0 Å². The summed E-state index contributed by atoms with van der Waals surface area (Å²) in [7, 11) is -6.12. The summed E-state index contributed by atoms with van der Waals surface area (Å²) >= 11 is 0. The van der Waals surface area contributed by atoms with Crippen molar-refractivity contribution in [3.63, 3.8) is 0 Å². The Hall–Kier alpha value is -4.77. The molecule has 1 heterocycles. The topological polar surface area (TPSA) is 40.6 Å². The molecule has 4 nitrogen and oxygen atoms in total. The molecule has 0 N–H and O–H groups in total. The number of hydrogen-bond donors (Lipinski definition) is 0. The molecule has 0 spiro atoms. The first-order valence-electron chi connectivity index (χ1n) is 15.8. The summed E-state index contributed by atoms with van der Waals surface area (Å²) in [5.41, 5.74) is 3.61. The molecule has 0 radical (unpaired) electrons. The van der Waals surface area contributed by atoms with Gasteiger partial charge in [-0.15, -0.1) is 0 Å². The first-order chi connectivity index (χ1) is 22.0. The van der Waals surface area contributed by atoms with Crippen LogP contribution < -0.4 is 4.74 Å². The fraction of sp³-hybridized carbons (Fsp3) is 0.0833. The lowest BCUT2D eigenvalue weighted by Crippen LogP contribution is -2.32. The zero-order valence-corrected chi connectivity index (χ0v) is 21.5. The van der Waals surface area contributed by atoms with Crippen molar-refractivity contribution in [2.75, 3.05) is 14.1 Å². The highest BCUT2D eigenvalue weighted by atomic mass is 16.7. The third-order valence-corrected chi connectivity index (χ3v) is 6.88. The van der Waals surface area contributed by atoms with Crippen LogP contribution in [-0.4, -0.2) is 19.1 Å². The van der Waals surface area contributed by atoms with Gasteiger partial charge in [-0.25, -0.2) is 4.98 Å². The summed E-state index contributed by atoms with van der Waals surface area (Å²) in [5, 5.41) is 1.57. The average molecular weight is 530 g/mol. The van der Waals surface area contributed by atoms with Crippen molar-refractivity contribution >= 4 is 10.8 Å². The first kappa shape index (κ1) is 19.3. The zero-order chi connectivity index (χ0) is 32.4. The Morgan fingerprint density at radius 2 is 1.12 bits per heavy atom. The Bertz CT molecular complexity index is 1930. The lowest BCUT2D eigenvalue weighted by Gasteiger charge is -2.33. The maximum atomic E-state index is 8.02. The number of methoxy groups -OCH3 is 2. The fourth-order valence-electron chi connectivity index (χ4n) is 5.01. The highest BCUT2D eigenvalue weighted by Gasteiger charge is 2.37. The largest absolute Gasteiger partial charge is 0.438 e. The van der Waals surface area contributed by atoms with Crippen LogP contribution in [0.4, 0.5) is 0 Å². The van der Waals surface area contributed by atoms with Gasteiger partial charge >= 0.3 is 0 Å². The van der Waals surface area contributed by atoms with E-state index in [0.29, 0.717) is 11.1 Å². The van der Waals surface area contributed by atoms with E-state index in [-0.39, 0.29) is 22.8 Å². The third kappa shape index (κ3) is 4.54. The second-order valence-corrected chi connectivity index (χ2v) is 9.20. The Kier molecular flexibility index (Phi) is 5.38. The van der Waals surface area contributed by atoms with Gasteiger partial charge in [0, 0.05) is 36.2 Å². The molecule has 0 unspecified atom stereocenters. The van der Waals surface area contributed by atoms with E-state index in [9.17, 15) is 0 Å². The highest BCUT2D eigenvalue weighted by Crippen LogP contribution is 2.44. The summed E-state index contributed by atoms with van der Waals surface area (Å²) in [6, 6.07) is 41.9. The fourth-order valence-corrected chi connectivity index (χ4v) is 5.01. The highest BCUT2D eigenvalue weighted by molar-refractivity contribution is 6.04. The van der Waals surface area contributed by atoms with Crippen LogP contribution in [-0.2, 0) is 15.3 Å². The Morgan fingerprint density at radius 3 is 1.80 bits per heavy atom. The number of aromatic nitrogens is 1. The molecule has 0 saturated carbocycles. The van der Waals surface area contributed by atoms with Crippen LogP contribution in [0.5, 0.6) is 11.6 Å². The lowest BCUT2D eigenvalue weighted by atomic mass is 9.94. The number of fused-ring (bicyclic) bond motifs is 1. The van der Waals surface area contributed by atoms with Crippen molar-refractivity contribution < 1.29 is 22.4 Å². The van der Waals surface area contributed by atoms with Gasteiger partial charge in [-0.1, -0.05) is 121 Å².